The zero-order valence-electron chi connectivity index (χ0n) is 19.6. The van der Waals surface area contributed by atoms with Gasteiger partial charge in [0.15, 0.2) is 5.65 Å². The van der Waals surface area contributed by atoms with Crippen LogP contribution in [0.5, 0.6) is 5.88 Å². The smallest absolute Gasteiger partial charge is 0.345 e. The van der Waals surface area contributed by atoms with E-state index in [1.807, 2.05) is 0 Å². The summed E-state index contributed by atoms with van der Waals surface area (Å²) in [6, 6.07) is 3.51. The van der Waals surface area contributed by atoms with Crippen LogP contribution in [0, 0.1) is 6.92 Å². The number of hydrogen-bond donors (Lipinski definition) is 2. The van der Waals surface area contributed by atoms with Gasteiger partial charge in [0.1, 0.15) is 17.0 Å². The van der Waals surface area contributed by atoms with Gasteiger partial charge >= 0.3 is 6.61 Å². The van der Waals surface area contributed by atoms with Crippen molar-refractivity contribution in [3.8, 4) is 17.1 Å². The lowest BCUT2D eigenvalue weighted by atomic mass is 9.93. The van der Waals surface area contributed by atoms with E-state index in [-0.39, 0.29) is 6.04 Å². The van der Waals surface area contributed by atoms with Gasteiger partial charge in [0.2, 0.25) is 11.8 Å². The quantitative estimate of drug-likeness (QED) is 0.327. The number of pyridine rings is 1. The largest absolute Gasteiger partial charge is 0.480 e. The van der Waals surface area contributed by atoms with Crippen LogP contribution in [0.3, 0.4) is 0 Å². The molecule has 0 bridgehead atoms. The molecule has 1 fully saturated rings. The van der Waals surface area contributed by atoms with Crippen LogP contribution in [-0.4, -0.2) is 61.8 Å². The maximum Gasteiger partial charge on any atom is 0.345 e. The number of methoxy groups -OCH3 is 1. The molecule has 0 aromatic carbocycles. The molecule has 2 N–H and O–H groups in total. The number of aromatic nitrogens is 6. The standard InChI is InChI=1S/C23H25F4N7O2/c1-11-29-16-8-7-15(31-20(16)34(11)10-17(24)25)14-9-28-19-18(14)21(35-2)33-23(32-19)30-12-3-5-13(6-4-12)36-22(26)27/h7-9,12-13,17,22H,3-6,10H2,1-2H3,(H2,28,30,32,33)/t12-,13+. The highest BCUT2D eigenvalue weighted by Gasteiger charge is 2.25. The van der Waals surface area contributed by atoms with Crippen molar-refractivity contribution < 1.29 is 27.0 Å². The highest BCUT2D eigenvalue weighted by molar-refractivity contribution is 5.97. The van der Waals surface area contributed by atoms with Gasteiger partial charge in [-0.25, -0.2) is 18.7 Å². The molecule has 4 aromatic rings. The van der Waals surface area contributed by atoms with E-state index in [1.54, 1.807) is 25.3 Å². The van der Waals surface area contributed by atoms with E-state index in [4.69, 9.17) is 4.74 Å². The second kappa shape index (κ2) is 9.88. The number of alkyl halides is 4. The number of nitrogens with one attached hydrogen (secondary N) is 2. The van der Waals surface area contributed by atoms with Crippen LogP contribution in [0.15, 0.2) is 18.3 Å². The minimum Gasteiger partial charge on any atom is -0.480 e. The minimum atomic E-state index is -2.76. The summed E-state index contributed by atoms with van der Waals surface area (Å²) in [7, 11) is 1.49. The van der Waals surface area contributed by atoms with E-state index in [9.17, 15) is 17.6 Å². The van der Waals surface area contributed by atoms with Crippen molar-refractivity contribution in [1.29, 1.82) is 0 Å². The van der Waals surface area contributed by atoms with Gasteiger partial charge in [0, 0.05) is 17.8 Å². The molecule has 4 heterocycles. The van der Waals surface area contributed by atoms with Gasteiger partial charge in [-0.15, -0.1) is 0 Å². The van der Waals surface area contributed by atoms with Crippen molar-refractivity contribution in [1.82, 2.24) is 29.5 Å². The van der Waals surface area contributed by atoms with E-state index in [2.05, 4.69) is 35.0 Å². The zero-order chi connectivity index (χ0) is 25.4. The number of halogens is 4. The maximum absolute atomic E-state index is 13.1. The number of nitrogens with zero attached hydrogens (tertiary/aromatic N) is 5. The summed E-state index contributed by atoms with van der Waals surface area (Å²) < 4.78 is 62.7. The molecule has 1 aliphatic rings. The third kappa shape index (κ3) is 4.79. The number of rotatable bonds is 8. The molecule has 0 radical (unpaired) electrons. The SMILES string of the molecule is COc1nc(N[C@H]2CC[C@@H](OC(F)F)CC2)nc2[nH]cc(-c3ccc4nc(C)n(CC(F)F)c4n3)c12. The normalized spacial score (nSPS) is 18.6. The number of H-pyrrole nitrogens is 1. The van der Waals surface area contributed by atoms with Crippen molar-refractivity contribution in [3.05, 3.63) is 24.2 Å². The maximum atomic E-state index is 13.1. The molecule has 0 atom stereocenters. The fourth-order valence-electron chi connectivity index (χ4n) is 4.71. The molecule has 36 heavy (non-hydrogen) atoms. The molecule has 0 spiro atoms. The number of anilines is 1. The second-order valence-electron chi connectivity index (χ2n) is 8.70. The molecule has 4 aromatic heterocycles. The highest BCUT2D eigenvalue weighted by Crippen LogP contribution is 2.35. The Labute approximate surface area is 203 Å². The third-order valence-electron chi connectivity index (χ3n) is 6.37. The van der Waals surface area contributed by atoms with Crippen LogP contribution in [0.25, 0.3) is 33.5 Å². The number of ether oxygens (including phenoxy) is 2. The lowest BCUT2D eigenvalue weighted by molar-refractivity contribution is -0.169. The summed E-state index contributed by atoms with van der Waals surface area (Å²) in [5.41, 5.74) is 2.59. The van der Waals surface area contributed by atoms with Gasteiger partial charge in [0.25, 0.3) is 6.43 Å². The van der Waals surface area contributed by atoms with Crippen molar-refractivity contribution in [2.45, 2.75) is 64.3 Å². The Kier molecular flexibility index (Phi) is 6.65. The summed E-state index contributed by atoms with van der Waals surface area (Å²) in [5, 5.41) is 3.86. The molecule has 1 saturated carbocycles. The topological polar surface area (TPSA) is 103 Å². The molecule has 0 amide bonds. The van der Waals surface area contributed by atoms with Gasteiger partial charge in [-0.3, -0.25) is 0 Å². The second-order valence-corrected chi connectivity index (χ2v) is 8.70. The molecule has 9 nitrogen and oxygen atoms in total. The van der Waals surface area contributed by atoms with Crippen molar-refractivity contribution in [2.24, 2.45) is 0 Å². The van der Waals surface area contributed by atoms with Crippen LogP contribution in [0.1, 0.15) is 31.5 Å². The Morgan fingerprint density at radius 2 is 1.86 bits per heavy atom. The van der Waals surface area contributed by atoms with E-state index < -0.39 is 25.7 Å². The molecule has 0 aliphatic heterocycles. The Bertz CT molecular complexity index is 1370. The van der Waals surface area contributed by atoms with Crippen LogP contribution >= 0.6 is 0 Å². The van der Waals surface area contributed by atoms with Gasteiger partial charge in [-0.2, -0.15) is 18.7 Å². The Hall–Kier alpha value is -3.48. The molecule has 13 heteroatoms. The number of hydrogen-bond acceptors (Lipinski definition) is 7. The fourth-order valence-corrected chi connectivity index (χ4v) is 4.71. The predicted octanol–water partition coefficient (Wildman–Crippen LogP) is 4.91. The number of aryl methyl sites for hydroxylation is 1. The summed E-state index contributed by atoms with van der Waals surface area (Å²) in [6.07, 6.45) is 1.06. The monoisotopic (exact) mass is 507 g/mol. The summed E-state index contributed by atoms with van der Waals surface area (Å²) in [4.78, 5) is 21.1. The van der Waals surface area contributed by atoms with E-state index in [1.165, 1.54) is 11.7 Å². The predicted molar refractivity (Wildman–Crippen MR) is 124 cm³/mol. The molecule has 0 saturated heterocycles. The van der Waals surface area contributed by atoms with Gasteiger partial charge in [-0.1, -0.05) is 0 Å². The van der Waals surface area contributed by atoms with E-state index in [0.29, 0.717) is 76.8 Å². The summed E-state index contributed by atoms with van der Waals surface area (Å²) >= 11 is 0. The summed E-state index contributed by atoms with van der Waals surface area (Å²) in [5.74, 6) is 1.12. The van der Waals surface area contributed by atoms with Crippen LogP contribution < -0.4 is 10.1 Å². The van der Waals surface area contributed by atoms with Crippen molar-refractivity contribution in [2.75, 3.05) is 12.4 Å². The zero-order valence-corrected chi connectivity index (χ0v) is 19.6. The van der Waals surface area contributed by atoms with Gasteiger partial charge in [-0.05, 0) is 44.7 Å². The van der Waals surface area contributed by atoms with E-state index in [0.717, 1.165) is 0 Å². The first kappa shape index (κ1) is 24.2. The summed E-state index contributed by atoms with van der Waals surface area (Å²) in [6.45, 7) is -1.59. The first-order chi connectivity index (χ1) is 17.3. The molecular weight excluding hydrogens is 482 g/mol. The van der Waals surface area contributed by atoms with E-state index >= 15 is 0 Å². The lowest BCUT2D eigenvalue weighted by Crippen LogP contribution is -2.31. The van der Waals surface area contributed by atoms with Crippen molar-refractivity contribution >= 4 is 28.1 Å². The van der Waals surface area contributed by atoms with Crippen LogP contribution in [-0.2, 0) is 11.3 Å². The molecular formula is C23H25F4N7O2. The Morgan fingerprint density at radius 3 is 2.56 bits per heavy atom. The molecule has 5 rings (SSSR count). The molecule has 0 unspecified atom stereocenters. The first-order valence-electron chi connectivity index (χ1n) is 11.6. The average molecular weight is 507 g/mol. The third-order valence-corrected chi connectivity index (χ3v) is 6.37. The van der Waals surface area contributed by atoms with Gasteiger partial charge in [0.05, 0.1) is 30.8 Å². The molecule has 1 aliphatic carbocycles. The average Bonchev–Trinajstić information content (AvgIpc) is 3.40. The number of aromatic amines is 1. The highest BCUT2D eigenvalue weighted by atomic mass is 19.3. The lowest BCUT2D eigenvalue weighted by Gasteiger charge is -2.28. The first-order valence-corrected chi connectivity index (χ1v) is 11.6. The van der Waals surface area contributed by atoms with Crippen LogP contribution in [0.2, 0.25) is 0 Å². The fraction of sp³-hybridized carbons (Fsp3) is 0.478. The van der Waals surface area contributed by atoms with Crippen LogP contribution in [0.4, 0.5) is 23.5 Å². The van der Waals surface area contributed by atoms with Crippen molar-refractivity contribution in [3.63, 3.8) is 0 Å². The van der Waals surface area contributed by atoms with Gasteiger partial charge < -0.3 is 24.3 Å². The Morgan fingerprint density at radius 1 is 1.08 bits per heavy atom. The Balaban J connectivity index is 1.43. The number of imidazole rings is 1. The number of fused-ring (bicyclic) bond motifs is 2. The molecule has 192 valence electrons. The minimum absolute atomic E-state index is 0.0153.